The largest absolute Gasteiger partial charge is 0.409 e. The van der Waals surface area contributed by atoms with Crippen LogP contribution in [-0.2, 0) is 0 Å². The molecule has 5 nitrogen and oxygen atoms in total. The minimum Gasteiger partial charge on any atom is -0.356 e. The van der Waals surface area contributed by atoms with E-state index < -0.39 is 12.2 Å². The smallest absolute Gasteiger partial charge is 0.356 e. The molecule has 3 rings (SSSR count). The van der Waals surface area contributed by atoms with Crippen LogP contribution in [0.5, 0.6) is 0 Å². The number of alkyl halides is 3. The van der Waals surface area contributed by atoms with E-state index in [0.717, 1.165) is 32.1 Å². The van der Waals surface area contributed by atoms with Gasteiger partial charge >= 0.3 is 12.2 Å². The first-order valence-corrected chi connectivity index (χ1v) is 11.8. The maximum atomic E-state index is 13.9. The second-order valence-corrected chi connectivity index (χ2v) is 9.76. The maximum absolute atomic E-state index is 13.9. The summed E-state index contributed by atoms with van der Waals surface area (Å²) >= 11 is 12.3. The highest BCUT2D eigenvalue weighted by atomic mass is 35.5. The Morgan fingerprint density at radius 2 is 1.84 bits per heavy atom. The van der Waals surface area contributed by atoms with Crippen LogP contribution in [0.3, 0.4) is 0 Å². The number of piperazine rings is 1. The van der Waals surface area contributed by atoms with Gasteiger partial charge in [-0.25, -0.2) is 4.79 Å². The molecule has 0 spiro atoms. The van der Waals surface area contributed by atoms with Crippen molar-refractivity contribution >= 4 is 34.9 Å². The van der Waals surface area contributed by atoms with Gasteiger partial charge < -0.3 is 15.1 Å². The fraction of sp³-hybridized carbons (Fsp3) is 0.682. The number of amides is 2. The highest BCUT2D eigenvalue weighted by molar-refractivity contribution is 6.43. The third-order valence-electron chi connectivity index (χ3n) is 6.52. The number of carbonyl (C=O) groups is 1. The second-order valence-electron chi connectivity index (χ2n) is 8.97. The van der Waals surface area contributed by atoms with E-state index in [4.69, 9.17) is 23.2 Å². The van der Waals surface area contributed by atoms with Crippen molar-refractivity contribution in [3.63, 3.8) is 0 Å². The summed E-state index contributed by atoms with van der Waals surface area (Å²) in [4.78, 5) is 16.6. The Balaban J connectivity index is 1.53. The molecule has 2 fully saturated rings. The molecule has 1 saturated carbocycles. The van der Waals surface area contributed by atoms with Crippen LogP contribution in [0.1, 0.15) is 32.1 Å². The Morgan fingerprint density at radius 1 is 1.16 bits per heavy atom. The number of carbonyl (C=O) groups excluding carboxylic acids is 1. The Morgan fingerprint density at radius 3 is 2.47 bits per heavy atom. The van der Waals surface area contributed by atoms with Crippen LogP contribution in [0.15, 0.2) is 18.2 Å². The second kappa shape index (κ2) is 10.7. The van der Waals surface area contributed by atoms with Crippen LogP contribution >= 0.6 is 23.2 Å². The van der Waals surface area contributed by atoms with Crippen molar-refractivity contribution in [2.75, 3.05) is 45.2 Å². The molecule has 1 aromatic carbocycles. The van der Waals surface area contributed by atoms with Crippen molar-refractivity contribution in [2.45, 2.75) is 50.4 Å². The minimum absolute atomic E-state index is 0.0793. The van der Waals surface area contributed by atoms with E-state index in [0.29, 0.717) is 24.7 Å². The van der Waals surface area contributed by atoms with Crippen molar-refractivity contribution in [3.05, 3.63) is 28.2 Å². The van der Waals surface area contributed by atoms with E-state index in [-0.39, 0.29) is 35.2 Å². The summed E-state index contributed by atoms with van der Waals surface area (Å²) in [6, 6.07) is 3.28. The molecule has 1 saturated heterocycles. The first-order chi connectivity index (χ1) is 15.1. The molecule has 2 aliphatic rings. The van der Waals surface area contributed by atoms with Crippen LogP contribution in [0.2, 0.25) is 10.0 Å². The predicted octanol–water partition coefficient (Wildman–Crippen LogP) is 5.27. The Bertz CT molecular complexity index is 785. The van der Waals surface area contributed by atoms with Gasteiger partial charge in [0.25, 0.3) is 0 Å². The van der Waals surface area contributed by atoms with Gasteiger partial charge in [0.1, 0.15) is 6.04 Å². The molecular formula is C22H31Cl2F3N4O. The summed E-state index contributed by atoms with van der Waals surface area (Å²) in [6.07, 6.45) is 0.301. The van der Waals surface area contributed by atoms with E-state index in [1.54, 1.807) is 32.3 Å². The van der Waals surface area contributed by atoms with Gasteiger partial charge in [-0.2, -0.15) is 13.2 Å². The number of nitrogens with one attached hydrogen (secondary N) is 1. The molecule has 1 aliphatic carbocycles. The van der Waals surface area contributed by atoms with Crippen LogP contribution in [-0.4, -0.2) is 74.4 Å². The van der Waals surface area contributed by atoms with Gasteiger partial charge in [0, 0.05) is 39.8 Å². The van der Waals surface area contributed by atoms with Gasteiger partial charge in [-0.05, 0) is 56.7 Å². The molecule has 180 valence electrons. The predicted molar refractivity (Wildman–Crippen MR) is 123 cm³/mol. The molecule has 32 heavy (non-hydrogen) atoms. The number of hydrogen-bond donors (Lipinski definition) is 1. The molecule has 1 N–H and O–H groups in total. The highest BCUT2D eigenvalue weighted by Gasteiger charge is 2.47. The summed E-state index contributed by atoms with van der Waals surface area (Å²) in [5.41, 5.74) is 0.333. The Kier molecular flexibility index (Phi) is 8.44. The standard InChI is InChI=1S/C22H31Cl2F3N4O/c1-29(2)21(32)28-16-8-6-15(7-9-16)10-11-30-12-13-31(19(14-30)22(25,26)27)18-5-3-4-17(23)20(18)24/h3-5,15-16,19H,6-14H2,1-2H3,(H,28,32)/t15?,16?,19-/m0/s1. The van der Waals surface area contributed by atoms with E-state index >= 15 is 0 Å². The van der Waals surface area contributed by atoms with E-state index in [1.165, 1.54) is 9.80 Å². The number of anilines is 1. The zero-order valence-corrected chi connectivity index (χ0v) is 20.0. The molecular weight excluding hydrogens is 464 g/mol. The number of halogens is 5. The highest BCUT2D eigenvalue weighted by Crippen LogP contribution is 2.38. The lowest BCUT2D eigenvalue weighted by Gasteiger charge is -2.44. The Labute approximate surface area is 197 Å². The number of benzene rings is 1. The van der Waals surface area contributed by atoms with E-state index in [2.05, 4.69) is 5.32 Å². The number of urea groups is 1. The van der Waals surface area contributed by atoms with Crippen LogP contribution in [0.25, 0.3) is 0 Å². The van der Waals surface area contributed by atoms with Gasteiger partial charge in [0.15, 0.2) is 0 Å². The monoisotopic (exact) mass is 494 g/mol. The summed E-state index contributed by atoms with van der Waals surface area (Å²) in [5.74, 6) is 0.479. The zero-order chi connectivity index (χ0) is 23.5. The summed E-state index contributed by atoms with van der Waals surface area (Å²) in [5, 5.41) is 3.44. The summed E-state index contributed by atoms with van der Waals surface area (Å²) in [6.45, 7) is 1.35. The van der Waals surface area contributed by atoms with Crippen LogP contribution in [0.4, 0.5) is 23.7 Å². The third kappa shape index (κ3) is 6.35. The zero-order valence-electron chi connectivity index (χ0n) is 18.5. The van der Waals surface area contributed by atoms with Crippen LogP contribution in [0, 0.1) is 5.92 Å². The van der Waals surface area contributed by atoms with Crippen molar-refractivity contribution in [1.29, 1.82) is 0 Å². The SMILES string of the molecule is CN(C)C(=O)NC1CCC(CCN2CCN(c3cccc(Cl)c3Cl)[C@H](C(F)(F)F)C2)CC1. The quantitative estimate of drug-likeness (QED) is 0.606. The molecule has 1 atom stereocenters. The van der Waals surface area contributed by atoms with Gasteiger partial charge in [-0.1, -0.05) is 29.3 Å². The molecule has 2 amide bonds. The topological polar surface area (TPSA) is 38.8 Å². The number of nitrogens with zero attached hydrogens (tertiary/aromatic N) is 3. The fourth-order valence-corrected chi connectivity index (χ4v) is 4.99. The molecule has 0 unspecified atom stereocenters. The van der Waals surface area contributed by atoms with Gasteiger partial charge in [-0.3, -0.25) is 4.90 Å². The minimum atomic E-state index is -4.37. The average Bonchev–Trinajstić information content (AvgIpc) is 2.74. The normalized spacial score (nSPS) is 25.0. The lowest BCUT2D eigenvalue weighted by atomic mass is 9.84. The molecule has 1 aliphatic heterocycles. The van der Waals surface area contributed by atoms with Crippen molar-refractivity contribution < 1.29 is 18.0 Å². The van der Waals surface area contributed by atoms with Crippen molar-refractivity contribution in [1.82, 2.24) is 15.1 Å². The first kappa shape index (κ1) is 25.2. The van der Waals surface area contributed by atoms with Gasteiger partial charge in [0.05, 0.1) is 15.7 Å². The van der Waals surface area contributed by atoms with Crippen molar-refractivity contribution in [3.8, 4) is 0 Å². The molecule has 1 aromatic rings. The molecule has 0 bridgehead atoms. The number of rotatable bonds is 5. The molecule has 0 radical (unpaired) electrons. The van der Waals surface area contributed by atoms with E-state index in [9.17, 15) is 18.0 Å². The third-order valence-corrected chi connectivity index (χ3v) is 7.33. The molecule has 1 heterocycles. The lowest BCUT2D eigenvalue weighted by Crippen LogP contribution is -2.59. The Hall–Kier alpha value is -1.38. The first-order valence-electron chi connectivity index (χ1n) is 11.0. The van der Waals surface area contributed by atoms with Crippen LogP contribution < -0.4 is 10.2 Å². The molecule has 0 aromatic heterocycles. The summed E-state index contributed by atoms with van der Waals surface area (Å²) in [7, 11) is 3.44. The van der Waals surface area contributed by atoms with Crippen molar-refractivity contribution in [2.24, 2.45) is 5.92 Å². The average molecular weight is 495 g/mol. The number of hydrogen-bond acceptors (Lipinski definition) is 3. The van der Waals surface area contributed by atoms with E-state index in [1.807, 2.05) is 4.90 Å². The maximum Gasteiger partial charge on any atom is 0.409 e. The van der Waals surface area contributed by atoms with Gasteiger partial charge in [-0.15, -0.1) is 0 Å². The fourth-order valence-electron chi connectivity index (χ4n) is 4.59. The van der Waals surface area contributed by atoms with Gasteiger partial charge in [0.2, 0.25) is 0 Å². The lowest BCUT2D eigenvalue weighted by molar-refractivity contribution is -0.156. The summed E-state index contributed by atoms with van der Waals surface area (Å²) < 4.78 is 41.7. The molecule has 10 heteroatoms.